The summed E-state index contributed by atoms with van der Waals surface area (Å²) in [4.78, 5) is 6.24. The van der Waals surface area contributed by atoms with Crippen LogP contribution in [-0.4, -0.2) is 19.4 Å². The van der Waals surface area contributed by atoms with Crippen molar-refractivity contribution in [1.29, 1.82) is 0 Å². The van der Waals surface area contributed by atoms with Crippen LogP contribution in [-0.2, 0) is 16.4 Å². The van der Waals surface area contributed by atoms with Gasteiger partial charge < -0.3 is 5.43 Å². The van der Waals surface area contributed by atoms with Crippen molar-refractivity contribution in [3.63, 3.8) is 0 Å². The van der Waals surface area contributed by atoms with E-state index in [0.29, 0.717) is 12.1 Å². The van der Waals surface area contributed by atoms with Crippen LogP contribution >= 0.6 is 11.3 Å². The number of nitrogens with two attached hydrogens (primary N) is 1. The second-order valence-electron chi connectivity index (χ2n) is 4.75. The van der Waals surface area contributed by atoms with Crippen molar-refractivity contribution in [1.82, 2.24) is 9.71 Å². The highest BCUT2D eigenvalue weighted by molar-refractivity contribution is 7.89. The third kappa shape index (κ3) is 4.01. The Bertz CT molecular complexity index is 712. The van der Waals surface area contributed by atoms with Gasteiger partial charge in [-0.1, -0.05) is 0 Å². The number of anilines is 1. The van der Waals surface area contributed by atoms with Gasteiger partial charge in [0, 0.05) is 28.2 Å². The lowest BCUT2D eigenvalue weighted by molar-refractivity contribution is 0.560. The van der Waals surface area contributed by atoms with Gasteiger partial charge in [0.25, 0.3) is 0 Å². The molecule has 0 saturated carbocycles. The van der Waals surface area contributed by atoms with Gasteiger partial charge in [-0.2, -0.15) is 0 Å². The van der Waals surface area contributed by atoms with Gasteiger partial charge in [-0.3, -0.25) is 10.8 Å². The molecule has 4 N–H and O–H groups in total. The lowest BCUT2D eigenvalue weighted by atomic mass is 10.2. The minimum atomic E-state index is -3.67. The molecule has 1 atom stereocenters. The Morgan fingerprint density at radius 3 is 2.76 bits per heavy atom. The molecule has 0 amide bonds. The van der Waals surface area contributed by atoms with Crippen molar-refractivity contribution in [2.45, 2.75) is 31.2 Å². The monoisotopic (exact) mass is 326 g/mol. The number of aryl methyl sites for hydroxylation is 1. The summed E-state index contributed by atoms with van der Waals surface area (Å²) in [5.41, 5.74) is 2.69. The van der Waals surface area contributed by atoms with Crippen molar-refractivity contribution in [3.05, 3.63) is 40.3 Å². The average molecular weight is 326 g/mol. The Labute approximate surface area is 128 Å². The fraction of sp³-hybridized carbons (Fsp3) is 0.308. The van der Waals surface area contributed by atoms with Gasteiger partial charge in [-0.05, 0) is 38.5 Å². The van der Waals surface area contributed by atoms with Crippen LogP contribution in [0.15, 0.2) is 35.5 Å². The Morgan fingerprint density at radius 2 is 2.14 bits per heavy atom. The fourth-order valence-electron chi connectivity index (χ4n) is 1.98. The minimum absolute atomic E-state index is 0.0433. The van der Waals surface area contributed by atoms with E-state index in [1.807, 2.05) is 26.0 Å². The molecular weight excluding hydrogens is 308 g/mol. The number of pyridine rings is 1. The van der Waals surface area contributed by atoms with E-state index in [1.54, 1.807) is 11.3 Å². The number of rotatable bonds is 6. The smallest absolute Gasteiger partial charge is 0.244 e. The summed E-state index contributed by atoms with van der Waals surface area (Å²) in [6.07, 6.45) is 3.40. The number of hydrogen-bond donors (Lipinski definition) is 3. The van der Waals surface area contributed by atoms with E-state index in [2.05, 4.69) is 15.1 Å². The first-order chi connectivity index (χ1) is 9.92. The summed E-state index contributed by atoms with van der Waals surface area (Å²) >= 11 is 1.67. The molecule has 2 rings (SSSR count). The highest BCUT2D eigenvalue weighted by Gasteiger charge is 2.21. The van der Waals surface area contributed by atoms with Crippen LogP contribution in [0.25, 0.3) is 0 Å². The van der Waals surface area contributed by atoms with Gasteiger partial charge in [0.05, 0.1) is 5.69 Å². The first kappa shape index (κ1) is 15.9. The zero-order valence-corrected chi connectivity index (χ0v) is 13.5. The summed E-state index contributed by atoms with van der Waals surface area (Å²) in [6.45, 7) is 3.86. The van der Waals surface area contributed by atoms with Crippen LogP contribution in [0.3, 0.4) is 0 Å². The summed E-state index contributed by atoms with van der Waals surface area (Å²) in [5.74, 6) is 5.34. The molecular formula is C13H18N4O2S2. The fourth-order valence-corrected chi connectivity index (χ4v) is 4.36. The molecule has 0 radical (unpaired) electrons. The van der Waals surface area contributed by atoms with Crippen LogP contribution in [0, 0.1) is 6.92 Å². The van der Waals surface area contributed by atoms with Crippen LogP contribution in [0.4, 0.5) is 5.69 Å². The minimum Gasteiger partial charge on any atom is -0.323 e. The summed E-state index contributed by atoms with van der Waals surface area (Å²) in [5, 5.41) is 0. The zero-order valence-electron chi connectivity index (χ0n) is 11.8. The van der Waals surface area contributed by atoms with E-state index in [0.717, 1.165) is 4.88 Å². The second kappa shape index (κ2) is 6.52. The number of nitrogens with zero attached hydrogens (tertiary/aromatic N) is 1. The molecule has 0 spiro atoms. The second-order valence-corrected chi connectivity index (χ2v) is 7.81. The van der Waals surface area contributed by atoms with E-state index >= 15 is 0 Å². The van der Waals surface area contributed by atoms with Crippen LogP contribution in [0.5, 0.6) is 0 Å². The van der Waals surface area contributed by atoms with Crippen LogP contribution < -0.4 is 16.0 Å². The Balaban J connectivity index is 2.13. The molecule has 0 aliphatic rings. The first-order valence-electron chi connectivity index (χ1n) is 6.40. The molecule has 114 valence electrons. The number of sulfonamides is 1. The molecule has 2 heterocycles. The molecule has 8 heteroatoms. The predicted octanol–water partition coefficient (Wildman–Crippen LogP) is 1.65. The van der Waals surface area contributed by atoms with Crippen molar-refractivity contribution >= 4 is 27.0 Å². The number of hydrazine groups is 1. The van der Waals surface area contributed by atoms with Gasteiger partial charge in [-0.25, -0.2) is 13.1 Å². The van der Waals surface area contributed by atoms with Crippen LogP contribution in [0.2, 0.25) is 0 Å². The lowest BCUT2D eigenvalue weighted by Gasteiger charge is -2.15. The third-order valence-electron chi connectivity index (χ3n) is 2.89. The standard InChI is InChI=1S/C13H18N4O2S2/c1-9(7-11-4-3-10(2)20-11)17-21(18,19)13-8-15-6-5-12(13)16-14/h3-6,8-9,17H,7,14H2,1-2H3,(H,15,16). The summed E-state index contributed by atoms with van der Waals surface area (Å²) in [7, 11) is -3.67. The van der Waals surface area contributed by atoms with Crippen LogP contribution in [0.1, 0.15) is 16.7 Å². The molecule has 0 aromatic carbocycles. The van der Waals surface area contributed by atoms with Crippen molar-refractivity contribution in [2.24, 2.45) is 5.84 Å². The maximum atomic E-state index is 12.4. The van der Waals surface area contributed by atoms with E-state index in [-0.39, 0.29) is 10.9 Å². The normalized spacial score (nSPS) is 13.1. The molecule has 0 fully saturated rings. The van der Waals surface area contributed by atoms with Crippen molar-refractivity contribution in [2.75, 3.05) is 5.43 Å². The van der Waals surface area contributed by atoms with Gasteiger partial charge >= 0.3 is 0 Å². The van der Waals surface area contributed by atoms with Crippen molar-refractivity contribution < 1.29 is 8.42 Å². The van der Waals surface area contributed by atoms with Gasteiger partial charge in [0.2, 0.25) is 10.0 Å². The Kier molecular flexibility index (Phi) is 4.94. The molecule has 0 bridgehead atoms. The largest absolute Gasteiger partial charge is 0.323 e. The molecule has 2 aromatic rings. The average Bonchev–Trinajstić information content (AvgIpc) is 2.83. The van der Waals surface area contributed by atoms with E-state index in [9.17, 15) is 8.42 Å². The highest BCUT2D eigenvalue weighted by Crippen LogP contribution is 2.20. The quantitative estimate of drug-likeness (QED) is 0.554. The maximum absolute atomic E-state index is 12.4. The predicted molar refractivity (Wildman–Crippen MR) is 84.6 cm³/mol. The molecule has 0 aliphatic heterocycles. The van der Waals surface area contributed by atoms with Gasteiger partial charge in [-0.15, -0.1) is 11.3 Å². The van der Waals surface area contributed by atoms with Crippen molar-refractivity contribution in [3.8, 4) is 0 Å². The number of aromatic nitrogens is 1. The number of thiophene rings is 1. The topological polar surface area (TPSA) is 97.1 Å². The first-order valence-corrected chi connectivity index (χ1v) is 8.70. The van der Waals surface area contributed by atoms with E-state index in [1.165, 1.54) is 23.3 Å². The molecule has 0 aliphatic carbocycles. The highest BCUT2D eigenvalue weighted by atomic mass is 32.2. The molecule has 21 heavy (non-hydrogen) atoms. The molecule has 2 aromatic heterocycles. The number of hydrogen-bond acceptors (Lipinski definition) is 6. The summed E-state index contributed by atoms with van der Waals surface area (Å²) < 4.78 is 27.4. The third-order valence-corrected chi connectivity index (χ3v) is 5.53. The lowest BCUT2D eigenvalue weighted by Crippen LogP contribution is -2.34. The zero-order chi connectivity index (χ0) is 15.5. The number of nitrogen functional groups attached to an aromatic ring is 1. The summed E-state index contributed by atoms with van der Waals surface area (Å²) in [6, 6.07) is 5.33. The SMILES string of the molecule is Cc1ccc(CC(C)NS(=O)(=O)c2cnccc2NN)s1. The Hall–Kier alpha value is -1.48. The Morgan fingerprint density at radius 1 is 1.38 bits per heavy atom. The maximum Gasteiger partial charge on any atom is 0.244 e. The molecule has 1 unspecified atom stereocenters. The van der Waals surface area contributed by atoms with E-state index < -0.39 is 10.0 Å². The number of nitrogens with one attached hydrogen (secondary N) is 2. The van der Waals surface area contributed by atoms with E-state index in [4.69, 9.17) is 5.84 Å². The molecule has 6 nitrogen and oxygen atoms in total. The van der Waals surface area contributed by atoms with Gasteiger partial charge in [0.1, 0.15) is 4.90 Å². The molecule has 0 saturated heterocycles. The van der Waals surface area contributed by atoms with Gasteiger partial charge in [0.15, 0.2) is 0 Å².